The molecule has 0 amide bonds. The van der Waals surface area contributed by atoms with Gasteiger partial charge in [0.05, 0.1) is 4.16 Å². The maximum Gasteiger partial charge on any atom is 0.319 e. The summed E-state index contributed by atoms with van der Waals surface area (Å²) in [7, 11) is 0. The first-order chi connectivity index (χ1) is 6.59. The molecule has 2 aliphatic rings. The van der Waals surface area contributed by atoms with Gasteiger partial charge in [-0.3, -0.25) is 0 Å². The maximum absolute atomic E-state index is 13.1. The Balaban J connectivity index is 2.43. The van der Waals surface area contributed by atoms with Crippen molar-refractivity contribution in [2.24, 2.45) is 11.8 Å². The molecule has 2 rings (SSSR count). The van der Waals surface area contributed by atoms with Gasteiger partial charge in [0.25, 0.3) is 0 Å². The molecule has 2 fully saturated rings. The second-order valence-corrected chi connectivity index (χ2v) is 6.58. The van der Waals surface area contributed by atoms with E-state index in [0.29, 0.717) is 0 Å². The van der Waals surface area contributed by atoms with E-state index in [2.05, 4.69) is 15.9 Å². The molecule has 15 heavy (non-hydrogen) atoms. The second kappa shape index (κ2) is 3.00. The van der Waals surface area contributed by atoms with Gasteiger partial charge in [0.2, 0.25) is 0 Å². The molecule has 0 spiro atoms. The van der Waals surface area contributed by atoms with E-state index in [1.807, 2.05) is 0 Å². The summed E-state index contributed by atoms with van der Waals surface area (Å²) >= 11 is 2.73. The molecule has 0 aromatic rings. The van der Waals surface area contributed by atoms with Crippen LogP contribution in [0.1, 0.15) is 6.42 Å². The van der Waals surface area contributed by atoms with Crippen LogP contribution < -0.4 is 0 Å². The Kier molecular flexibility index (Phi) is 2.37. The van der Waals surface area contributed by atoms with Crippen molar-refractivity contribution in [3.8, 4) is 0 Å². The third-order valence-corrected chi connectivity index (χ3v) is 5.15. The molecule has 1 heterocycles. The normalized spacial score (nSPS) is 45.4. The van der Waals surface area contributed by atoms with Crippen molar-refractivity contribution in [3.05, 3.63) is 0 Å². The Morgan fingerprint density at radius 3 is 2.07 bits per heavy atom. The highest BCUT2D eigenvalue weighted by Gasteiger charge is 2.79. The molecule has 0 radical (unpaired) electrons. The second-order valence-electron chi connectivity index (χ2n) is 3.70. The molecule has 1 aliphatic carbocycles. The monoisotopic (exact) mass is 314 g/mol. The summed E-state index contributed by atoms with van der Waals surface area (Å²) in [5, 5.41) is -3.80. The zero-order valence-electron chi connectivity index (χ0n) is 6.99. The molecule has 0 aromatic heterocycles. The predicted octanol–water partition coefficient (Wildman–Crippen LogP) is 3.95. The molecule has 0 bridgehead atoms. The standard InChI is InChI=1S/C7H5BrF6S/c8-4-2-1-5(9,10)6(11,12)3(2)7(13,14)15-4/h2-4H,1H2. The minimum atomic E-state index is -4.63. The van der Waals surface area contributed by atoms with E-state index in [-0.39, 0.29) is 11.8 Å². The van der Waals surface area contributed by atoms with Crippen LogP contribution in [-0.4, -0.2) is 21.3 Å². The third kappa shape index (κ3) is 1.43. The largest absolute Gasteiger partial charge is 0.319 e. The molecule has 88 valence electrons. The lowest BCUT2D eigenvalue weighted by atomic mass is 9.96. The van der Waals surface area contributed by atoms with Gasteiger partial charge < -0.3 is 0 Å². The third-order valence-electron chi connectivity index (χ3n) is 2.77. The quantitative estimate of drug-likeness (QED) is 0.482. The van der Waals surface area contributed by atoms with Gasteiger partial charge in [-0.25, -0.2) is 0 Å². The fraction of sp³-hybridized carbons (Fsp3) is 1.00. The minimum absolute atomic E-state index is 0.0122. The van der Waals surface area contributed by atoms with E-state index >= 15 is 0 Å². The molecular formula is C7H5BrF6S. The molecule has 3 atom stereocenters. The fourth-order valence-corrected chi connectivity index (χ4v) is 4.50. The molecule has 1 aliphatic heterocycles. The van der Waals surface area contributed by atoms with E-state index < -0.39 is 39.5 Å². The van der Waals surface area contributed by atoms with Crippen LogP contribution in [0.3, 0.4) is 0 Å². The summed E-state index contributed by atoms with van der Waals surface area (Å²) in [6.45, 7) is 0. The summed E-state index contributed by atoms with van der Waals surface area (Å²) in [6, 6.07) is 0. The van der Waals surface area contributed by atoms with E-state index in [1.54, 1.807) is 0 Å². The van der Waals surface area contributed by atoms with Gasteiger partial charge in [0, 0.05) is 12.3 Å². The SMILES string of the molecule is FC1(F)SC(Br)C2CC(F)(F)C(F)(F)C21. The number of fused-ring (bicyclic) bond motifs is 1. The summed E-state index contributed by atoms with van der Waals surface area (Å²) < 4.78 is 77.0. The smallest absolute Gasteiger partial charge is 0.200 e. The molecular weight excluding hydrogens is 310 g/mol. The Hall–Kier alpha value is 0.410. The number of hydrogen-bond donors (Lipinski definition) is 0. The Bertz CT molecular complexity index is 293. The lowest BCUT2D eigenvalue weighted by molar-refractivity contribution is -0.226. The average Bonchev–Trinajstić information content (AvgIpc) is 2.29. The van der Waals surface area contributed by atoms with Crippen molar-refractivity contribution in [2.45, 2.75) is 27.7 Å². The van der Waals surface area contributed by atoms with Crippen LogP contribution in [0.2, 0.25) is 0 Å². The van der Waals surface area contributed by atoms with Gasteiger partial charge >= 0.3 is 17.1 Å². The van der Waals surface area contributed by atoms with Crippen molar-refractivity contribution < 1.29 is 26.3 Å². The van der Waals surface area contributed by atoms with Crippen LogP contribution in [0.25, 0.3) is 0 Å². The van der Waals surface area contributed by atoms with Gasteiger partial charge in [-0.1, -0.05) is 27.7 Å². The van der Waals surface area contributed by atoms with Crippen molar-refractivity contribution in [2.75, 3.05) is 0 Å². The molecule has 1 saturated carbocycles. The van der Waals surface area contributed by atoms with Crippen LogP contribution in [0.15, 0.2) is 0 Å². The zero-order valence-corrected chi connectivity index (χ0v) is 9.40. The summed E-state index contributed by atoms with van der Waals surface area (Å²) in [6.07, 6.45) is -1.19. The molecule has 0 nitrogen and oxygen atoms in total. The van der Waals surface area contributed by atoms with E-state index in [9.17, 15) is 26.3 Å². The van der Waals surface area contributed by atoms with Gasteiger partial charge in [-0.2, -0.15) is 26.3 Å². The van der Waals surface area contributed by atoms with E-state index in [4.69, 9.17) is 0 Å². The molecule has 0 aromatic carbocycles. The van der Waals surface area contributed by atoms with Crippen LogP contribution in [0, 0.1) is 11.8 Å². The predicted molar refractivity (Wildman–Crippen MR) is 46.7 cm³/mol. The summed E-state index contributed by atoms with van der Waals surface area (Å²) in [5.41, 5.74) is 0. The topological polar surface area (TPSA) is 0 Å². The molecule has 8 heteroatoms. The van der Waals surface area contributed by atoms with Crippen molar-refractivity contribution in [1.29, 1.82) is 0 Å². The summed E-state index contributed by atoms with van der Waals surface area (Å²) in [4.78, 5) is 0. The highest BCUT2D eigenvalue weighted by atomic mass is 79.9. The van der Waals surface area contributed by atoms with Crippen LogP contribution in [0.5, 0.6) is 0 Å². The average molecular weight is 315 g/mol. The van der Waals surface area contributed by atoms with Crippen molar-refractivity contribution in [3.63, 3.8) is 0 Å². The van der Waals surface area contributed by atoms with Gasteiger partial charge in [-0.05, 0) is 0 Å². The highest BCUT2D eigenvalue weighted by Crippen LogP contribution is 2.69. The Morgan fingerprint density at radius 1 is 1.07 bits per heavy atom. The lowest BCUT2D eigenvalue weighted by Crippen LogP contribution is -2.44. The zero-order chi connectivity index (χ0) is 11.6. The highest BCUT2D eigenvalue weighted by molar-refractivity contribution is 9.11. The van der Waals surface area contributed by atoms with Crippen LogP contribution >= 0.6 is 27.7 Å². The van der Waals surface area contributed by atoms with Crippen LogP contribution in [0.4, 0.5) is 26.3 Å². The van der Waals surface area contributed by atoms with Crippen LogP contribution in [-0.2, 0) is 0 Å². The Morgan fingerprint density at radius 2 is 1.60 bits per heavy atom. The molecule has 1 saturated heterocycles. The number of rotatable bonds is 0. The fourth-order valence-electron chi connectivity index (χ4n) is 2.06. The first kappa shape index (κ1) is 11.9. The van der Waals surface area contributed by atoms with Gasteiger partial charge in [0.1, 0.15) is 5.92 Å². The number of hydrogen-bond acceptors (Lipinski definition) is 1. The van der Waals surface area contributed by atoms with E-state index in [1.165, 1.54) is 0 Å². The van der Waals surface area contributed by atoms with E-state index in [0.717, 1.165) is 0 Å². The number of thioether (sulfide) groups is 1. The Labute approximate surface area is 93.9 Å². The molecule has 3 unspecified atom stereocenters. The van der Waals surface area contributed by atoms with Gasteiger partial charge in [0.15, 0.2) is 0 Å². The summed E-state index contributed by atoms with van der Waals surface area (Å²) in [5.74, 6) is -12.9. The number of halogens is 7. The van der Waals surface area contributed by atoms with Gasteiger partial charge in [-0.15, -0.1) is 0 Å². The maximum atomic E-state index is 13.1. The first-order valence-corrected chi connectivity index (χ1v) is 5.84. The molecule has 0 N–H and O–H groups in total. The minimum Gasteiger partial charge on any atom is -0.200 e. The van der Waals surface area contributed by atoms with Crippen molar-refractivity contribution >= 4 is 27.7 Å². The van der Waals surface area contributed by atoms with Crippen molar-refractivity contribution in [1.82, 2.24) is 0 Å². The first-order valence-electron chi connectivity index (χ1n) is 4.05. The lowest BCUT2D eigenvalue weighted by Gasteiger charge is -2.26. The number of alkyl halides is 7.